The van der Waals surface area contributed by atoms with Gasteiger partial charge in [0.1, 0.15) is 5.78 Å². The van der Waals surface area contributed by atoms with Gasteiger partial charge in [0.2, 0.25) is 0 Å². The number of Topliss-reactive ketones (excluding diaryl/α,β-unsaturated/α-hetero) is 1. The fourth-order valence-electron chi connectivity index (χ4n) is 3.18. The van der Waals surface area contributed by atoms with Crippen LogP contribution in [-0.2, 0) is 19.1 Å². The van der Waals surface area contributed by atoms with Crippen LogP contribution in [0.5, 0.6) is 0 Å². The van der Waals surface area contributed by atoms with Gasteiger partial charge >= 0.3 is 5.97 Å². The number of allylic oxidation sites excluding steroid dienone is 1. The van der Waals surface area contributed by atoms with E-state index in [9.17, 15) is 19.5 Å². The van der Waals surface area contributed by atoms with Crippen LogP contribution in [0.4, 0.5) is 0 Å². The van der Waals surface area contributed by atoms with E-state index in [0.29, 0.717) is 25.7 Å². The van der Waals surface area contributed by atoms with Crippen molar-refractivity contribution >= 4 is 17.5 Å². The lowest BCUT2D eigenvalue weighted by Gasteiger charge is -2.17. The summed E-state index contributed by atoms with van der Waals surface area (Å²) in [5, 5.41) is 10.1. The Kier molecular flexibility index (Phi) is 9.53. The van der Waals surface area contributed by atoms with Gasteiger partial charge < -0.3 is 9.84 Å². The molecule has 0 aromatic rings. The molecule has 0 heterocycles. The van der Waals surface area contributed by atoms with E-state index < -0.39 is 6.10 Å². The highest BCUT2D eigenvalue weighted by molar-refractivity contribution is 5.90. The molecule has 0 saturated heterocycles. The minimum absolute atomic E-state index is 0.0497. The molecule has 3 atom stereocenters. The Morgan fingerprint density at radius 1 is 1.21 bits per heavy atom. The van der Waals surface area contributed by atoms with E-state index >= 15 is 0 Å². The second-order valence-corrected chi connectivity index (χ2v) is 6.53. The maximum atomic E-state index is 12.1. The first-order valence-electron chi connectivity index (χ1n) is 8.98. The van der Waals surface area contributed by atoms with E-state index in [1.165, 1.54) is 13.2 Å². The van der Waals surface area contributed by atoms with Crippen molar-refractivity contribution in [2.75, 3.05) is 7.11 Å². The molecule has 0 aliphatic heterocycles. The SMILES string of the molecule is CCCCCC(=O)C=C[C@H]1[C@H](O)CC(=O)[C@H]1CCCCC(=O)OC. The van der Waals surface area contributed by atoms with Gasteiger partial charge in [-0.1, -0.05) is 32.3 Å². The van der Waals surface area contributed by atoms with Crippen molar-refractivity contribution in [2.24, 2.45) is 11.8 Å². The number of methoxy groups -OCH3 is 1. The first kappa shape index (κ1) is 20.6. The topological polar surface area (TPSA) is 80.7 Å². The smallest absolute Gasteiger partial charge is 0.305 e. The average Bonchev–Trinajstić information content (AvgIpc) is 2.82. The highest BCUT2D eigenvalue weighted by Gasteiger charge is 2.39. The number of hydrogen-bond acceptors (Lipinski definition) is 5. The molecule has 0 bridgehead atoms. The fourth-order valence-corrected chi connectivity index (χ4v) is 3.18. The first-order chi connectivity index (χ1) is 11.5. The molecule has 24 heavy (non-hydrogen) atoms. The molecule has 0 aromatic carbocycles. The molecule has 5 heteroatoms. The summed E-state index contributed by atoms with van der Waals surface area (Å²) < 4.78 is 4.59. The molecular formula is C19H30O5. The fraction of sp³-hybridized carbons (Fsp3) is 0.737. The summed E-state index contributed by atoms with van der Waals surface area (Å²) in [6.45, 7) is 2.09. The largest absolute Gasteiger partial charge is 0.469 e. The van der Waals surface area contributed by atoms with Crippen molar-refractivity contribution in [1.29, 1.82) is 0 Å². The van der Waals surface area contributed by atoms with Gasteiger partial charge in [0.15, 0.2) is 5.78 Å². The van der Waals surface area contributed by atoms with Crippen LogP contribution in [0.15, 0.2) is 12.2 Å². The Hall–Kier alpha value is -1.49. The molecule has 0 radical (unpaired) electrons. The Morgan fingerprint density at radius 3 is 2.58 bits per heavy atom. The van der Waals surface area contributed by atoms with Gasteiger partial charge in [-0.3, -0.25) is 14.4 Å². The van der Waals surface area contributed by atoms with Crippen LogP contribution in [0, 0.1) is 11.8 Å². The third-order valence-corrected chi connectivity index (χ3v) is 4.64. The number of unbranched alkanes of at least 4 members (excludes halogenated alkanes) is 3. The highest BCUT2D eigenvalue weighted by atomic mass is 16.5. The molecule has 1 fully saturated rings. The predicted octanol–water partition coefficient (Wildman–Crippen LogP) is 2.99. The minimum Gasteiger partial charge on any atom is -0.469 e. The van der Waals surface area contributed by atoms with E-state index in [1.807, 2.05) is 0 Å². The van der Waals surface area contributed by atoms with Gasteiger partial charge in [-0.25, -0.2) is 0 Å². The molecule has 0 amide bonds. The molecule has 1 rings (SSSR count). The maximum absolute atomic E-state index is 12.1. The molecule has 1 aliphatic carbocycles. The number of esters is 1. The molecule has 136 valence electrons. The first-order valence-corrected chi connectivity index (χ1v) is 8.98. The predicted molar refractivity (Wildman–Crippen MR) is 91.4 cm³/mol. The van der Waals surface area contributed by atoms with E-state index in [4.69, 9.17) is 0 Å². The van der Waals surface area contributed by atoms with Crippen LogP contribution >= 0.6 is 0 Å². The summed E-state index contributed by atoms with van der Waals surface area (Å²) in [4.78, 5) is 35.0. The average molecular weight is 338 g/mol. The normalized spacial score (nSPS) is 23.8. The number of ether oxygens (including phenoxy) is 1. The Labute approximate surface area is 144 Å². The lowest BCUT2D eigenvalue weighted by Crippen LogP contribution is -2.19. The molecule has 0 aromatic heterocycles. The molecular weight excluding hydrogens is 308 g/mol. The van der Waals surface area contributed by atoms with Crippen LogP contribution in [0.3, 0.4) is 0 Å². The number of carbonyl (C=O) groups excluding carboxylic acids is 3. The summed E-state index contributed by atoms with van der Waals surface area (Å²) in [5.41, 5.74) is 0. The van der Waals surface area contributed by atoms with Crippen LogP contribution in [0.2, 0.25) is 0 Å². The lowest BCUT2D eigenvalue weighted by molar-refractivity contribution is -0.140. The van der Waals surface area contributed by atoms with Crippen molar-refractivity contribution in [3.05, 3.63) is 12.2 Å². The number of aliphatic hydroxyl groups is 1. The summed E-state index contributed by atoms with van der Waals surface area (Å²) >= 11 is 0. The van der Waals surface area contributed by atoms with E-state index in [-0.39, 0.29) is 35.8 Å². The lowest BCUT2D eigenvalue weighted by atomic mass is 9.88. The van der Waals surface area contributed by atoms with Crippen LogP contribution in [0.25, 0.3) is 0 Å². The zero-order valence-electron chi connectivity index (χ0n) is 14.8. The van der Waals surface area contributed by atoms with Crippen molar-refractivity contribution in [2.45, 2.75) is 70.8 Å². The minimum atomic E-state index is -0.706. The van der Waals surface area contributed by atoms with Crippen LogP contribution in [0.1, 0.15) is 64.7 Å². The zero-order chi connectivity index (χ0) is 17.9. The van der Waals surface area contributed by atoms with Gasteiger partial charge in [-0.15, -0.1) is 0 Å². The Balaban J connectivity index is 2.48. The van der Waals surface area contributed by atoms with Gasteiger partial charge in [-0.2, -0.15) is 0 Å². The number of carbonyl (C=O) groups is 3. The van der Waals surface area contributed by atoms with Crippen LogP contribution < -0.4 is 0 Å². The summed E-state index contributed by atoms with van der Waals surface area (Å²) in [6.07, 6.45) is 8.57. The summed E-state index contributed by atoms with van der Waals surface area (Å²) in [5.74, 6) is -0.682. The van der Waals surface area contributed by atoms with Gasteiger partial charge in [0.05, 0.1) is 13.2 Å². The van der Waals surface area contributed by atoms with Crippen molar-refractivity contribution in [1.82, 2.24) is 0 Å². The monoisotopic (exact) mass is 338 g/mol. The quantitative estimate of drug-likeness (QED) is 0.356. The molecule has 0 spiro atoms. The maximum Gasteiger partial charge on any atom is 0.305 e. The van der Waals surface area contributed by atoms with Crippen molar-refractivity contribution in [3.8, 4) is 0 Å². The molecule has 5 nitrogen and oxygen atoms in total. The molecule has 1 aliphatic rings. The van der Waals surface area contributed by atoms with Crippen molar-refractivity contribution < 1.29 is 24.2 Å². The second-order valence-electron chi connectivity index (χ2n) is 6.53. The number of aliphatic hydroxyl groups excluding tert-OH is 1. The summed E-state index contributed by atoms with van der Waals surface area (Å²) in [7, 11) is 1.36. The van der Waals surface area contributed by atoms with Gasteiger partial charge in [-0.05, 0) is 25.3 Å². The number of hydrogen-bond donors (Lipinski definition) is 1. The Morgan fingerprint density at radius 2 is 1.92 bits per heavy atom. The van der Waals surface area contributed by atoms with Gasteiger partial charge in [0.25, 0.3) is 0 Å². The molecule has 1 saturated carbocycles. The third-order valence-electron chi connectivity index (χ3n) is 4.64. The Bertz CT molecular complexity index is 455. The molecule has 1 N–H and O–H groups in total. The standard InChI is InChI=1S/C19H30O5/c1-3-4-5-8-14(20)11-12-16-15(17(21)13-18(16)22)9-6-7-10-19(23)24-2/h11-12,15-16,18,22H,3-10,13H2,1-2H3/t15-,16+,18+/m0/s1. The van der Waals surface area contributed by atoms with Gasteiger partial charge in [0, 0.05) is 31.1 Å². The molecule has 0 unspecified atom stereocenters. The van der Waals surface area contributed by atoms with E-state index in [0.717, 1.165) is 25.7 Å². The van der Waals surface area contributed by atoms with E-state index in [2.05, 4.69) is 11.7 Å². The highest BCUT2D eigenvalue weighted by Crippen LogP contribution is 2.34. The third kappa shape index (κ3) is 6.95. The number of ketones is 2. The zero-order valence-corrected chi connectivity index (χ0v) is 14.8. The summed E-state index contributed by atoms with van der Waals surface area (Å²) in [6, 6.07) is 0. The second kappa shape index (κ2) is 11.1. The van der Waals surface area contributed by atoms with E-state index in [1.54, 1.807) is 6.08 Å². The number of rotatable bonds is 11. The van der Waals surface area contributed by atoms with Crippen LogP contribution in [-0.4, -0.2) is 35.9 Å². The van der Waals surface area contributed by atoms with Crippen molar-refractivity contribution in [3.63, 3.8) is 0 Å².